The van der Waals surface area contributed by atoms with Crippen molar-refractivity contribution in [1.29, 1.82) is 0 Å². The molecule has 2 heteroatoms. The van der Waals surface area contributed by atoms with Crippen LogP contribution in [0.2, 0.25) is 0 Å². The van der Waals surface area contributed by atoms with E-state index in [0.29, 0.717) is 12.5 Å². The zero-order valence-corrected chi connectivity index (χ0v) is 12.6. The number of hydrogen-bond donors (Lipinski definition) is 1. The molecule has 2 aromatic carbocycles. The highest BCUT2D eigenvalue weighted by Crippen LogP contribution is 2.40. The van der Waals surface area contributed by atoms with Crippen molar-refractivity contribution < 1.29 is 4.79 Å². The summed E-state index contributed by atoms with van der Waals surface area (Å²) < 4.78 is 0. The van der Waals surface area contributed by atoms with Gasteiger partial charge in [-0.1, -0.05) is 43.3 Å². The quantitative estimate of drug-likeness (QED) is 0.858. The van der Waals surface area contributed by atoms with Gasteiger partial charge in [0.15, 0.2) is 5.78 Å². The largest absolute Gasteiger partial charge is 0.329 e. The minimum atomic E-state index is -0.338. The van der Waals surface area contributed by atoms with Crippen LogP contribution in [0.5, 0.6) is 0 Å². The summed E-state index contributed by atoms with van der Waals surface area (Å²) in [5, 5.41) is 2.30. The zero-order chi connectivity index (χ0) is 14.9. The van der Waals surface area contributed by atoms with E-state index in [4.69, 9.17) is 5.73 Å². The van der Waals surface area contributed by atoms with Gasteiger partial charge in [0.05, 0.1) is 0 Å². The number of ketones is 1. The van der Waals surface area contributed by atoms with Crippen molar-refractivity contribution >= 4 is 16.6 Å². The van der Waals surface area contributed by atoms with Gasteiger partial charge in [-0.05, 0) is 48.4 Å². The first-order valence-corrected chi connectivity index (χ1v) is 7.88. The SMILES string of the molecule is CC1CCC(CN)(C(=O)c2ccc3ccccc3c2)CC1. The lowest BCUT2D eigenvalue weighted by Gasteiger charge is -2.37. The summed E-state index contributed by atoms with van der Waals surface area (Å²) in [5.74, 6) is 0.955. The van der Waals surface area contributed by atoms with Crippen molar-refractivity contribution in [3.63, 3.8) is 0 Å². The summed E-state index contributed by atoms with van der Waals surface area (Å²) in [6, 6.07) is 14.2. The van der Waals surface area contributed by atoms with E-state index in [0.717, 1.165) is 36.6 Å². The van der Waals surface area contributed by atoms with E-state index in [9.17, 15) is 4.79 Å². The molecule has 0 heterocycles. The second kappa shape index (κ2) is 5.61. The normalized spacial score (nSPS) is 25.9. The molecule has 1 aliphatic rings. The van der Waals surface area contributed by atoms with Crippen LogP contribution in [-0.4, -0.2) is 12.3 Å². The molecule has 2 nitrogen and oxygen atoms in total. The summed E-state index contributed by atoms with van der Waals surface area (Å²) in [4.78, 5) is 13.0. The Morgan fingerprint density at radius 1 is 1.14 bits per heavy atom. The molecule has 0 amide bonds. The van der Waals surface area contributed by atoms with Gasteiger partial charge in [0, 0.05) is 17.5 Å². The summed E-state index contributed by atoms with van der Waals surface area (Å²) in [5.41, 5.74) is 6.49. The number of carbonyl (C=O) groups is 1. The van der Waals surface area contributed by atoms with Gasteiger partial charge in [-0.3, -0.25) is 4.79 Å². The predicted molar refractivity (Wildman–Crippen MR) is 87.4 cm³/mol. The molecule has 110 valence electrons. The third kappa shape index (κ3) is 2.60. The van der Waals surface area contributed by atoms with Crippen LogP contribution in [0.4, 0.5) is 0 Å². The van der Waals surface area contributed by atoms with E-state index < -0.39 is 0 Å². The lowest BCUT2D eigenvalue weighted by atomic mass is 9.67. The molecule has 2 N–H and O–H groups in total. The molecule has 2 aromatic rings. The molecule has 0 unspecified atom stereocenters. The van der Waals surface area contributed by atoms with Crippen LogP contribution in [0.25, 0.3) is 10.8 Å². The Balaban J connectivity index is 1.95. The fourth-order valence-electron chi connectivity index (χ4n) is 3.48. The Morgan fingerprint density at radius 2 is 1.81 bits per heavy atom. The Bertz CT molecular complexity index is 653. The first-order chi connectivity index (χ1) is 10.1. The molecule has 0 spiro atoms. The third-order valence-electron chi connectivity index (χ3n) is 5.12. The molecule has 21 heavy (non-hydrogen) atoms. The van der Waals surface area contributed by atoms with Gasteiger partial charge < -0.3 is 5.73 Å². The van der Waals surface area contributed by atoms with Crippen molar-refractivity contribution in [1.82, 2.24) is 0 Å². The Labute approximate surface area is 126 Å². The average Bonchev–Trinajstić information content (AvgIpc) is 2.55. The number of hydrogen-bond acceptors (Lipinski definition) is 2. The second-order valence-electron chi connectivity index (χ2n) is 6.56. The van der Waals surface area contributed by atoms with Crippen LogP contribution >= 0.6 is 0 Å². The predicted octanol–water partition coefficient (Wildman–Crippen LogP) is 4.18. The standard InChI is InChI=1S/C19H23NO/c1-14-8-10-19(13-20,11-9-14)18(21)17-7-6-15-4-2-3-5-16(15)12-17/h2-7,12,14H,8-11,13,20H2,1H3. The molecule has 0 saturated heterocycles. The first kappa shape index (κ1) is 14.3. The highest BCUT2D eigenvalue weighted by atomic mass is 16.1. The minimum absolute atomic E-state index is 0.239. The smallest absolute Gasteiger partial charge is 0.170 e. The minimum Gasteiger partial charge on any atom is -0.329 e. The Kier molecular flexibility index (Phi) is 3.81. The fraction of sp³-hybridized carbons (Fsp3) is 0.421. The van der Waals surface area contributed by atoms with E-state index in [1.807, 2.05) is 30.3 Å². The summed E-state index contributed by atoms with van der Waals surface area (Å²) >= 11 is 0. The van der Waals surface area contributed by atoms with Crippen molar-refractivity contribution in [2.45, 2.75) is 32.6 Å². The van der Waals surface area contributed by atoms with Crippen molar-refractivity contribution in [3.8, 4) is 0 Å². The van der Waals surface area contributed by atoms with E-state index in [2.05, 4.69) is 19.1 Å². The number of benzene rings is 2. The molecular weight excluding hydrogens is 258 g/mol. The topological polar surface area (TPSA) is 43.1 Å². The van der Waals surface area contributed by atoms with Gasteiger partial charge in [-0.2, -0.15) is 0 Å². The van der Waals surface area contributed by atoms with Gasteiger partial charge in [-0.25, -0.2) is 0 Å². The lowest BCUT2D eigenvalue weighted by Crippen LogP contribution is -2.41. The molecule has 0 radical (unpaired) electrons. The van der Waals surface area contributed by atoms with Crippen LogP contribution in [0.15, 0.2) is 42.5 Å². The molecule has 1 fully saturated rings. The monoisotopic (exact) mass is 281 g/mol. The van der Waals surface area contributed by atoms with E-state index in [1.165, 1.54) is 5.39 Å². The molecule has 1 saturated carbocycles. The molecular formula is C19H23NO. The first-order valence-electron chi connectivity index (χ1n) is 7.88. The van der Waals surface area contributed by atoms with Crippen molar-refractivity contribution in [2.75, 3.05) is 6.54 Å². The number of nitrogens with two attached hydrogens (primary N) is 1. The maximum absolute atomic E-state index is 13.0. The molecule has 1 aliphatic carbocycles. The van der Waals surface area contributed by atoms with E-state index in [1.54, 1.807) is 0 Å². The van der Waals surface area contributed by atoms with Crippen LogP contribution in [0.3, 0.4) is 0 Å². The maximum atomic E-state index is 13.0. The third-order valence-corrected chi connectivity index (χ3v) is 5.12. The summed E-state index contributed by atoms with van der Waals surface area (Å²) in [7, 11) is 0. The van der Waals surface area contributed by atoms with Crippen LogP contribution in [-0.2, 0) is 0 Å². The van der Waals surface area contributed by atoms with Crippen molar-refractivity contribution in [2.24, 2.45) is 17.1 Å². The number of fused-ring (bicyclic) bond motifs is 1. The highest BCUT2D eigenvalue weighted by molar-refractivity contribution is 6.03. The zero-order valence-electron chi connectivity index (χ0n) is 12.6. The van der Waals surface area contributed by atoms with Crippen LogP contribution in [0, 0.1) is 11.3 Å². The second-order valence-corrected chi connectivity index (χ2v) is 6.56. The number of Topliss-reactive ketones (excluding diaryl/α,β-unsaturated/α-hetero) is 1. The van der Waals surface area contributed by atoms with Gasteiger partial charge in [-0.15, -0.1) is 0 Å². The molecule has 0 aromatic heterocycles. The lowest BCUT2D eigenvalue weighted by molar-refractivity contribution is 0.0695. The summed E-state index contributed by atoms with van der Waals surface area (Å²) in [6.07, 6.45) is 4.07. The number of rotatable bonds is 3. The molecule has 3 rings (SSSR count). The molecule has 0 atom stereocenters. The number of carbonyl (C=O) groups excluding carboxylic acids is 1. The highest BCUT2D eigenvalue weighted by Gasteiger charge is 2.40. The molecule has 0 bridgehead atoms. The van der Waals surface area contributed by atoms with Gasteiger partial charge >= 0.3 is 0 Å². The van der Waals surface area contributed by atoms with E-state index >= 15 is 0 Å². The van der Waals surface area contributed by atoms with Crippen LogP contribution < -0.4 is 5.73 Å². The van der Waals surface area contributed by atoms with Crippen molar-refractivity contribution in [3.05, 3.63) is 48.0 Å². The van der Waals surface area contributed by atoms with E-state index in [-0.39, 0.29) is 11.2 Å². The van der Waals surface area contributed by atoms with Gasteiger partial charge in [0.1, 0.15) is 0 Å². The Morgan fingerprint density at radius 3 is 2.48 bits per heavy atom. The fourth-order valence-corrected chi connectivity index (χ4v) is 3.48. The maximum Gasteiger partial charge on any atom is 0.170 e. The molecule has 0 aliphatic heterocycles. The van der Waals surface area contributed by atoms with Crippen LogP contribution in [0.1, 0.15) is 43.0 Å². The van der Waals surface area contributed by atoms with Gasteiger partial charge in [0.25, 0.3) is 0 Å². The van der Waals surface area contributed by atoms with Gasteiger partial charge in [0.2, 0.25) is 0 Å². The summed E-state index contributed by atoms with van der Waals surface area (Å²) in [6.45, 7) is 2.73. The Hall–Kier alpha value is -1.67. The average molecular weight is 281 g/mol.